The van der Waals surface area contributed by atoms with E-state index < -0.39 is 23.2 Å². The van der Waals surface area contributed by atoms with Gasteiger partial charge in [-0.25, -0.2) is 14.4 Å². The highest BCUT2D eigenvalue weighted by atomic mass is 32.2. The maximum absolute atomic E-state index is 13.6. The van der Waals surface area contributed by atoms with Gasteiger partial charge in [0.2, 0.25) is 0 Å². The minimum absolute atomic E-state index is 0.206. The lowest BCUT2D eigenvalue weighted by atomic mass is 9.97. The molecule has 1 aliphatic rings. The zero-order valence-electron chi connectivity index (χ0n) is 17.2. The van der Waals surface area contributed by atoms with E-state index in [1.807, 2.05) is 17.0 Å². The maximum Gasteiger partial charge on any atom is 0.418 e. The Hall–Kier alpha value is -2.85. The van der Waals surface area contributed by atoms with Crippen molar-refractivity contribution in [2.24, 2.45) is 0 Å². The van der Waals surface area contributed by atoms with Crippen LogP contribution in [0.1, 0.15) is 18.1 Å². The van der Waals surface area contributed by atoms with Crippen LogP contribution in [0.15, 0.2) is 53.6 Å². The molecule has 0 bridgehead atoms. The third-order valence-corrected chi connectivity index (χ3v) is 5.75. The average molecular weight is 464 g/mol. The minimum atomic E-state index is -4.61. The lowest BCUT2D eigenvalue weighted by Crippen LogP contribution is -2.60. The summed E-state index contributed by atoms with van der Waals surface area (Å²) in [5, 5.41) is 10.5. The molecular weight excluding hydrogens is 444 g/mol. The van der Waals surface area contributed by atoms with E-state index in [0.29, 0.717) is 29.5 Å². The van der Waals surface area contributed by atoms with Crippen molar-refractivity contribution in [2.75, 3.05) is 22.7 Å². The summed E-state index contributed by atoms with van der Waals surface area (Å²) in [7, 11) is 0. The molecule has 1 aromatic carbocycles. The van der Waals surface area contributed by atoms with Gasteiger partial charge in [-0.15, -0.1) is 0 Å². The van der Waals surface area contributed by atoms with E-state index in [9.17, 15) is 22.7 Å². The number of aliphatic hydroxyl groups is 1. The maximum atomic E-state index is 13.6. The van der Waals surface area contributed by atoms with Crippen molar-refractivity contribution in [3.05, 3.63) is 65.5 Å². The Morgan fingerprint density at radius 1 is 1.09 bits per heavy atom. The SMILES string of the molecule is Cc1cc(F)ccc1-c1nc(NSc2cccc(N3CC(C)(O)C3)n2)ccc1C(F)(F)F. The molecule has 0 radical (unpaired) electrons. The second-order valence-corrected chi connectivity index (χ2v) is 8.77. The zero-order valence-corrected chi connectivity index (χ0v) is 18.1. The number of rotatable bonds is 5. The molecule has 0 spiro atoms. The normalized spacial score (nSPS) is 15.4. The third-order valence-electron chi connectivity index (χ3n) is 5.00. The molecule has 1 saturated heterocycles. The Kier molecular flexibility index (Phi) is 5.76. The molecule has 10 heteroatoms. The van der Waals surface area contributed by atoms with Crippen LogP contribution in [0.25, 0.3) is 11.3 Å². The molecule has 0 unspecified atom stereocenters. The Labute approximate surface area is 186 Å². The first-order valence-electron chi connectivity index (χ1n) is 9.74. The van der Waals surface area contributed by atoms with Crippen LogP contribution in [-0.2, 0) is 6.18 Å². The standard InChI is InChI=1S/C22H20F4N4OS/c1-13-10-14(23)6-7-15(13)20-16(22(24,25)26)8-9-17(27-20)29-32-19-5-3-4-18(28-19)30-11-21(2,31)12-30/h3-10,31H,11-12H2,1-2H3,(H,27,29). The quantitative estimate of drug-likeness (QED) is 0.395. The monoisotopic (exact) mass is 464 g/mol. The molecule has 2 N–H and O–H groups in total. The van der Waals surface area contributed by atoms with Crippen molar-refractivity contribution in [3.63, 3.8) is 0 Å². The lowest BCUT2D eigenvalue weighted by molar-refractivity contribution is -0.137. The van der Waals surface area contributed by atoms with Crippen molar-refractivity contribution >= 4 is 23.6 Å². The van der Waals surface area contributed by atoms with Crippen molar-refractivity contribution in [3.8, 4) is 11.3 Å². The number of halogens is 4. The van der Waals surface area contributed by atoms with E-state index in [-0.39, 0.29) is 17.1 Å². The molecule has 0 atom stereocenters. The molecular formula is C22H20F4N4OS. The van der Waals surface area contributed by atoms with E-state index in [2.05, 4.69) is 14.7 Å². The Bertz CT molecular complexity index is 1150. The van der Waals surface area contributed by atoms with Crippen LogP contribution in [0.4, 0.5) is 29.2 Å². The van der Waals surface area contributed by atoms with Gasteiger partial charge in [0, 0.05) is 30.6 Å². The molecule has 32 heavy (non-hydrogen) atoms. The highest BCUT2D eigenvalue weighted by molar-refractivity contribution is 8.00. The second kappa shape index (κ2) is 8.25. The van der Waals surface area contributed by atoms with Gasteiger partial charge < -0.3 is 14.7 Å². The lowest BCUT2D eigenvalue weighted by Gasteiger charge is -2.44. The number of pyridine rings is 2. The van der Waals surface area contributed by atoms with E-state index >= 15 is 0 Å². The summed E-state index contributed by atoms with van der Waals surface area (Å²) < 4.78 is 57.1. The van der Waals surface area contributed by atoms with Gasteiger partial charge in [-0.2, -0.15) is 13.2 Å². The Morgan fingerprint density at radius 2 is 1.84 bits per heavy atom. The summed E-state index contributed by atoms with van der Waals surface area (Å²) in [5.74, 6) is 0.381. The molecule has 3 aromatic rings. The topological polar surface area (TPSA) is 61.3 Å². The highest BCUT2D eigenvalue weighted by Crippen LogP contribution is 2.38. The van der Waals surface area contributed by atoms with E-state index in [1.165, 1.54) is 25.1 Å². The number of hydrogen-bond acceptors (Lipinski definition) is 6. The summed E-state index contributed by atoms with van der Waals surface area (Å²) in [6.07, 6.45) is -4.61. The number of aryl methyl sites for hydroxylation is 1. The van der Waals surface area contributed by atoms with Crippen molar-refractivity contribution in [1.82, 2.24) is 9.97 Å². The molecule has 0 aliphatic carbocycles. The fourth-order valence-electron chi connectivity index (χ4n) is 3.52. The number of alkyl halides is 3. The zero-order chi connectivity index (χ0) is 23.1. The van der Waals surface area contributed by atoms with Gasteiger partial charge in [-0.3, -0.25) is 0 Å². The second-order valence-electron chi connectivity index (χ2n) is 7.94. The first-order valence-corrected chi connectivity index (χ1v) is 10.6. The van der Waals surface area contributed by atoms with Crippen molar-refractivity contribution < 1.29 is 22.7 Å². The van der Waals surface area contributed by atoms with Gasteiger partial charge in [0.1, 0.15) is 22.5 Å². The van der Waals surface area contributed by atoms with E-state index in [0.717, 1.165) is 24.1 Å². The molecule has 0 amide bonds. The number of nitrogens with one attached hydrogen (secondary N) is 1. The number of nitrogens with zero attached hydrogens (tertiary/aromatic N) is 3. The molecule has 4 rings (SSSR count). The summed E-state index contributed by atoms with van der Waals surface area (Å²) >= 11 is 1.11. The van der Waals surface area contributed by atoms with Gasteiger partial charge >= 0.3 is 6.18 Å². The number of benzene rings is 1. The van der Waals surface area contributed by atoms with Gasteiger partial charge in [-0.1, -0.05) is 6.07 Å². The van der Waals surface area contributed by atoms with Gasteiger partial charge in [-0.05, 0) is 61.9 Å². The van der Waals surface area contributed by atoms with Gasteiger partial charge in [0.05, 0.1) is 16.9 Å². The Balaban J connectivity index is 1.57. The van der Waals surface area contributed by atoms with Crippen LogP contribution in [0.3, 0.4) is 0 Å². The first kappa shape index (κ1) is 22.3. The predicted molar refractivity (Wildman–Crippen MR) is 116 cm³/mol. The van der Waals surface area contributed by atoms with Crippen LogP contribution in [-0.4, -0.2) is 33.8 Å². The largest absolute Gasteiger partial charge is 0.418 e. The van der Waals surface area contributed by atoms with E-state index in [4.69, 9.17) is 0 Å². The van der Waals surface area contributed by atoms with Crippen LogP contribution < -0.4 is 9.62 Å². The molecule has 3 heterocycles. The number of aromatic nitrogens is 2. The number of hydrogen-bond donors (Lipinski definition) is 2. The molecule has 5 nitrogen and oxygen atoms in total. The van der Waals surface area contributed by atoms with Crippen LogP contribution >= 0.6 is 11.9 Å². The smallest absolute Gasteiger partial charge is 0.386 e. The van der Waals surface area contributed by atoms with Gasteiger partial charge in [0.25, 0.3) is 0 Å². The summed E-state index contributed by atoms with van der Waals surface area (Å²) in [5.41, 5.74) is -1.34. The summed E-state index contributed by atoms with van der Waals surface area (Å²) in [6, 6.07) is 11.2. The summed E-state index contributed by atoms with van der Waals surface area (Å²) in [6.45, 7) is 4.24. The minimum Gasteiger partial charge on any atom is -0.386 e. The number of β-amino-alcohol motifs (C(OH)–C–C–N with tert-alkyl or cyclic N) is 1. The van der Waals surface area contributed by atoms with Crippen LogP contribution in [0.2, 0.25) is 0 Å². The summed E-state index contributed by atoms with van der Waals surface area (Å²) in [4.78, 5) is 10.6. The van der Waals surface area contributed by atoms with Crippen LogP contribution in [0, 0.1) is 12.7 Å². The Morgan fingerprint density at radius 3 is 2.50 bits per heavy atom. The first-order chi connectivity index (χ1) is 15.0. The molecule has 2 aromatic heterocycles. The fourth-order valence-corrected chi connectivity index (χ4v) is 4.13. The van der Waals surface area contributed by atoms with Crippen molar-refractivity contribution in [2.45, 2.75) is 30.7 Å². The molecule has 0 saturated carbocycles. The predicted octanol–water partition coefficient (Wildman–Crippen LogP) is 5.30. The molecule has 1 fully saturated rings. The highest BCUT2D eigenvalue weighted by Gasteiger charge is 2.37. The van der Waals surface area contributed by atoms with Crippen LogP contribution in [0.5, 0.6) is 0 Å². The van der Waals surface area contributed by atoms with E-state index in [1.54, 1.807) is 13.0 Å². The van der Waals surface area contributed by atoms with Crippen molar-refractivity contribution in [1.29, 1.82) is 0 Å². The average Bonchev–Trinajstić information content (AvgIpc) is 2.70. The fraction of sp³-hybridized carbons (Fsp3) is 0.273. The van der Waals surface area contributed by atoms with Gasteiger partial charge in [0.15, 0.2) is 0 Å². The third kappa shape index (κ3) is 4.81. The molecule has 168 valence electrons. The molecule has 1 aliphatic heterocycles. The number of anilines is 2.